The van der Waals surface area contributed by atoms with E-state index in [-0.39, 0.29) is 24.7 Å². The molecular weight excluding hydrogens is 813 g/mol. The number of carbonyl (C=O) groups is 6. The molecule has 1 fully saturated rings. The van der Waals surface area contributed by atoms with E-state index in [2.05, 4.69) is 31.6 Å². The zero-order valence-corrected chi connectivity index (χ0v) is 37.9. The van der Waals surface area contributed by atoms with Crippen LogP contribution in [0.4, 0.5) is 0 Å². The van der Waals surface area contributed by atoms with E-state index in [9.17, 15) is 28.8 Å². The number of unbranched alkanes of at least 4 members (excludes halogenated alkanes) is 1. The first-order valence-corrected chi connectivity index (χ1v) is 23.2. The lowest BCUT2D eigenvalue weighted by Gasteiger charge is -2.31. The highest BCUT2D eigenvalue weighted by atomic mass is 16.2. The normalized spacial score (nSPS) is 16.2. The quantitative estimate of drug-likeness (QED) is 0.0559. The Morgan fingerprint density at radius 1 is 0.703 bits per heavy atom. The number of nitrogens with two attached hydrogens (primary N) is 3. The Morgan fingerprint density at radius 3 is 1.92 bits per heavy atom. The van der Waals surface area contributed by atoms with Crippen molar-refractivity contribution in [2.24, 2.45) is 29.0 Å². The second-order valence-electron chi connectivity index (χ2n) is 17.4. The molecule has 0 saturated heterocycles. The van der Waals surface area contributed by atoms with E-state index < -0.39 is 71.7 Å². The van der Waals surface area contributed by atoms with E-state index in [0.29, 0.717) is 57.3 Å². The van der Waals surface area contributed by atoms with Gasteiger partial charge in [-0.05, 0) is 55.2 Å². The number of hydrogen-bond donors (Lipinski definition) is 8. The zero-order chi connectivity index (χ0) is 46.4. The molecule has 1 aliphatic carbocycles. The molecule has 0 radical (unpaired) electrons. The number of hydrogen-bond acceptors (Lipinski definition) is 9. The lowest BCUT2D eigenvalue weighted by atomic mass is 9.84. The molecule has 1 heterocycles. The van der Waals surface area contributed by atoms with Crippen LogP contribution < -0.4 is 43.8 Å². The minimum Gasteiger partial charge on any atom is -0.368 e. The number of benzene rings is 2. The zero-order valence-electron chi connectivity index (χ0n) is 37.9. The van der Waals surface area contributed by atoms with Crippen LogP contribution in [-0.4, -0.2) is 87.8 Å². The number of amides is 6. The van der Waals surface area contributed by atoms with Crippen LogP contribution in [0.25, 0.3) is 0 Å². The second kappa shape index (κ2) is 26.9. The molecule has 4 rings (SSSR count). The highest BCUT2D eigenvalue weighted by Crippen LogP contribution is 2.28. The first-order valence-electron chi connectivity index (χ1n) is 23.2. The molecule has 0 bridgehead atoms. The third-order valence-electron chi connectivity index (χ3n) is 12.1. The standard InChI is InChI=1S/C48H72N10O6/c1-4-6-24-38(53-44(60)37(50)23-16-25-49)45(61)55-41(27-34-19-12-8-13-20-34)47(63)57-42(32(3)5-2)48(64)56-40(26-33-17-10-7-11-18-33)46(62)54-39(43(51)59)28-36-30-58(31-52-36)29-35-21-14-9-15-22-35/h7,9-11,14-15,17-18,21-22,30-32,34,37-42H,4-6,8,12-13,16,19-20,23-29,49-50H2,1-3H3,(H2,51,59)(H,53,60)(H,54,62)(H,55,61)(H,56,64)(H,57,63)/t32-,37-,38-,39-,40+,41-,42-/m0/s1. The van der Waals surface area contributed by atoms with Crippen LogP contribution in [-0.2, 0) is 48.2 Å². The second-order valence-corrected chi connectivity index (χ2v) is 17.4. The third kappa shape index (κ3) is 16.8. The fraction of sp³-hybridized carbons (Fsp3) is 0.562. The van der Waals surface area contributed by atoms with Crippen molar-refractivity contribution in [3.05, 3.63) is 90.0 Å². The highest BCUT2D eigenvalue weighted by molar-refractivity contribution is 5.96. The van der Waals surface area contributed by atoms with Crippen LogP contribution in [0.1, 0.15) is 115 Å². The van der Waals surface area contributed by atoms with Crippen molar-refractivity contribution >= 4 is 35.4 Å². The van der Waals surface area contributed by atoms with Gasteiger partial charge in [0.15, 0.2) is 0 Å². The van der Waals surface area contributed by atoms with Gasteiger partial charge >= 0.3 is 0 Å². The van der Waals surface area contributed by atoms with E-state index >= 15 is 0 Å². The molecular formula is C48H72N10O6. The summed E-state index contributed by atoms with van der Waals surface area (Å²) in [5.74, 6) is -3.71. The van der Waals surface area contributed by atoms with Crippen LogP contribution in [0.3, 0.4) is 0 Å². The summed E-state index contributed by atoms with van der Waals surface area (Å²) < 4.78 is 1.88. The number of nitrogens with one attached hydrogen (secondary N) is 5. The average molecular weight is 885 g/mol. The molecule has 0 spiro atoms. The Kier molecular flexibility index (Phi) is 21.4. The molecule has 6 amide bonds. The van der Waals surface area contributed by atoms with Gasteiger partial charge in [0, 0.05) is 25.6 Å². The fourth-order valence-corrected chi connectivity index (χ4v) is 8.06. The van der Waals surface area contributed by atoms with Crippen LogP contribution in [0.5, 0.6) is 0 Å². The molecule has 1 saturated carbocycles. The van der Waals surface area contributed by atoms with E-state index in [1.807, 2.05) is 86.0 Å². The van der Waals surface area contributed by atoms with E-state index in [4.69, 9.17) is 17.2 Å². The van der Waals surface area contributed by atoms with Gasteiger partial charge in [-0.15, -0.1) is 0 Å². The maximum atomic E-state index is 14.4. The summed E-state index contributed by atoms with van der Waals surface area (Å²) in [6, 6.07) is 12.8. The van der Waals surface area contributed by atoms with Crippen LogP contribution >= 0.6 is 0 Å². The number of rotatable bonds is 27. The van der Waals surface area contributed by atoms with E-state index in [0.717, 1.165) is 49.7 Å². The number of carbonyl (C=O) groups excluding carboxylic acids is 6. The molecule has 3 aromatic rings. The van der Waals surface area contributed by atoms with E-state index in [1.54, 1.807) is 12.5 Å². The van der Waals surface area contributed by atoms with Crippen molar-refractivity contribution in [3.8, 4) is 0 Å². The molecule has 11 N–H and O–H groups in total. The Morgan fingerprint density at radius 2 is 1.30 bits per heavy atom. The Labute approximate surface area is 378 Å². The summed E-state index contributed by atoms with van der Waals surface area (Å²) in [4.78, 5) is 87.2. The first-order chi connectivity index (χ1) is 30.8. The molecule has 7 atom stereocenters. The third-order valence-corrected chi connectivity index (χ3v) is 12.1. The van der Waals surface area contributed by atoms with Gasteiger partial charge in [-0.25, -0.2) is 4.98 Å². The monoisotopic (exact) mass is 885 g/mol. The minimum atomic E-state index is -1.16. The fourth-order valence-electron chi connectivity index (χ4n) is 8.06. The summed E-state index contributed by atoms with van der Waals surface area (Å²) >= 11 is 0. The molecule has 0 unspecified atom stereocenters. The van der Waals surface area contributed by atoms with Crippen molar-refractivity contribution in [2.75, 3.05) is 6.54 Å². The van der Waals surface area contributed by atoms with Gasteiger partial charge in [0.25, 0.3) is 0 Å². The average Bonchev–Trinajstić information content (AvgIpc) is 3.74. The molecule has 16 heteroatoms. The van der Waals surface area contributed by atoms with Crippen LogP contribution in [0.2, 0.25) is 0 Å². The summed E-state index contributed by atoms with van der Waals surface area (Å²) in [5, 5.41) is 14.3. The summed E-state index contributed by atoms with van der Waals surface area (Å²) in [5.41, 5.74) is 19.9. The molecule has 64 heavy (non-hydrogen) atoms. The number of imidazole rings is 1. The highest BCUT2D eigenvalue weighted by Gasteiger charge is 2.35. The van der Waals surface area contributed by atoms with Gasteiger partial charge in [-0.2, -0.15) is 0 Å². The summed E-state index contributed by atoms with van der Waals surface area (Å²) in [6.07, 6.45) is 12.1. The van der Waals surface area contributed by atoms with Crippen molar-refractivity contribution < 1.29 is 28.8 Å². The maximum absolute atomic E-state index is 14.4. The van der Waals surface area contributed by atoms with Crippen molar-refractivity contribution in [3.63, 3.8) is 0 Å². The van der Waals surface area contributed by atoms with Gasteiger partial charge in [0.05, 0.1) is 18.1 Å². The summed E-state index contributed by atoms with van der Waals surface area (Å²) in [6.45, 7) is 6.66. The Balaban J connectivity index is 1.54. The van der Waals surface area contributed by atoms with Crippen molar-refractivity contribution in [1.82, 2.24) is 36.1 Å². The lowest BCUT2D eigenvalue weighted by Crippen LogP contribution is -2.61. The van der Waals surface area contributed by atoms with Gasteiger partial charge in [-0.1, -0.05) is 133 Å². The Bertz CT molecular complexity index is 1920. The molecule has 16 nitrogen and oxygen atoms in total. The maximum Gasteiger partial charge on any atom is 0.243 e. The summed E-state index contributed by atoms with van der Waals surface area (Å²) in [7, 11) is 0. The number of nitrogens with zero attached hydrogens (tertiary/aromatic N) is 2. The van der Waals surface area contributed by atoms with Gasteiger partial charge < -0.3 is 48.4 Å². The van der Waals surface area contributed by atoms with Crippen molar-refractivity contribution in [2.45, 2.75) is 153 Å². The molecule has 1 aromatic heterocycles. The lowest BCUT2D eigenvalue weighted by molar-refractivity contribution is -0.136. The predicted octanol–water partition coefficient (Wildman–Crippen LogP) is 2.90. The Hall–Kier alpha value is -5.61. The molecule has 0 aliphatic heterocycles. The smallest absolute Gasteiger partial charge is 0.243 e. The minimum absolute atomic E-state index is 0.0264. The van der Waals surface area contributed by atoms with Gasteiger partial charge in [0.2, 0.25) is 35.4 Å². The SMILES string of the molecule is CCCC[C@H](NC(=O)[C@@H](N)CCCN)C(=O)N[C@@H](CC1CCCCC1)C(=O)N[C@H](C(=O)N[C@H](Cc1ccccc1)C(=O)N[C@@H](Cc1cn(Cc2ccccc2)cn1)C(N)=O)[C@@H](C)CC. The largest absolute Gasteiger partial charge is 0.368 e. The van der Waals surface area contributed by atoms with Gasteiger partial charge in [0.1, 0.15) is 30.2 Å². The van der Waals surface area contributed by atoms with E-state index in [1.165, 1.54) is 0 Å². The van der Waals surface area contributed by atoms with Gasteiger partial charge in [-0.3, -0.25) is 28.8 Å². The molecule has 2 aromatic carbocycles. The first kappa shape index (κ1) is 51.0. The number of aromatic nitrogens is 2. The molecule has 350 valence electrons. The van der Waals surface area contributed by atoms with Crippen LogP contribution in [0.15, 0.2) is 73.2 Å². The number of primary amides is 1. The topological polar surface area (TPSA) is 258 Å². The van der Waals surface area contributed by atoms with Crippen LogP contribution in [0, 0.1) is 11.8 Å². The predicted molar refractivity (Wildman–Crippen MR) is 247 cm³/mol. The molecule has 1 aliphatic rings. The van der Waals surface area contributed by atoms with Crippen molar-refractivity contribution in [1.29, 1.82) is 0 Å².